The molecule has 25 heavy (non-hydrogen) atoms. The number of carbonyl (C=O) groups excluding carboxylic acids is 2. The van der Waals surface area contributed by atoms with Crippen LogP contribution in [0.5, 0.6) is 0 Å². The smallest absolute Gasteiger partial charge is 0.306 e. The molecular weight excluding hydrogens is 378 g/mol. The first-order valence-electron chi connectivity index (χ1n) is 8.50. The first kappa shape index (κ1) is 20.5. The molecule has 1 aromatic rings. The van der Waals surface area contributed by atoms with Crippen LogP contribution in [-0.4, -0.2) is 29.0 Å². The van der Waals surface area contributed by atoms with Crippen molar-refractivity contribution in [1.82, 2.24) is 0 Å². The zero-order valence-electron chi connectivity index (χ0n) is 14.5. The van der Waals surface area contributed by atoms with Gasteiger partial charge in [-0.1, -0.05) is 45.7 Å². The summed E-state index contributed by atoms with van der Waals surface area (Å²) >= 11 is 5.94. The minimum absolute atomic E-state index is 0.320. The lowest BCUT2D eigenvalue weighted by Gasteiger charge is -2.15. The maximum atomic E-state index is 12.2. The second-order valence-corrected chi connectivity index (χ2v) is 9.38. The molecule has 138 valence electrons. The lowest BCUT2D eigenvalue weighted by atomic mass is 10.1. The second kappa shape index (κ2) is 10.3. The predicted octanol–water partition coefficient (Wildman–Crippen LogP) is 5.23. The highest BCUT2D eigenvalue weighted by Gasteiger charge is 2.19. The van der Waals surface area contributed by atoms with Gasteiger partial charge in [0.2, 0.25) is 0 Å². The van der Waals surface area contributed by atoms with Gasteiger partial charge in [-0.05, 0) is 50.8 Å². The van der Waals surface area contributed by atoms with Crippen LogP contribution < -0.4 is 5.32 Å². The molecule has 1 aliphatic heterocycles. The number of aryl methyl sites for hydroxylation is 1. The van der Waals surface area contributed by atoms with E-state index in [0.29, 0.717) is 17.1 Å². The maximum absolute atomic E-state index is 12.2. The highest BCUT2D eigenvalue weighted by atomic mass is 35.5. The molecule has 2 rings (SSSR count). The molecule has 7 heteroatoms. The van der Waals surface area contributed by atoms with Crippen molar-refractivity contribution in [2.45, 2.75) is 57.3 Å². The van der Waals surface area contributed by atoms with E-state index in [4.69, 9.17) is 16.3 Å². The Bertz CT molecular complexity index is 606. The Morgan fingerprint density at radius 3 is 2.92 bits per heavy atom. The molecule has 0 aliphatic carbocycles. The fourth-order valence-corrected chi connectivity index (χ4v) is 5.68. The summed E-state index contributed by atoms with van der Waals surface area (Å²) in [6.07, 6.45) is 3.78. The van der Waals surface area contributed by atoms with Gasteiger partial charge in [0.25, 0.3) is 5.91 Å². The number of anilines is 1. The predicted molar refractivity (Wildman–Crippen MR) is 107 cm³/mol. The third-order valence-corrected chi connectivity index (χ3v) is 7.26. The average Bonchev–Trinajstić information content (AvgIpc) is 3.08. The standard InChI is InChI=1S/C18H24ClNO3S2/c1-12-7-8-14(19)11-16(12)20-18(22)13(2)23-17(21)6-4-3-5-15-9-10-24-25-15/h7-8,11,13,15H,3-6,9-10H2,1-2H3,(H,20,22)/t13-,15-/m0/s1. The van der Waals surface area contributed by atoms with E-state index in [2.05, 4.69) is 5.32 Å². The Morgan fingerprint density at radius 2 is 2.20 bits per heavy atom. The van der Waals surface area contributed by atoms with Crippen molar-refractivity contribution < 1.29 is 14.3 Å². The number of unbranched alkanes of at least 4 members (excludes halogenated alkanes) is 1. The van der Waals surface area contributed by atoms with Gasteiger partial charge in [0, 0.05) is 28.1 Å². The number of halogens is 1. The van der Waals surface area contributed by atoms with Crippen LogP contribution in [0.4, 0.5) is 5.69 Å². The van der Waals surface area contributed by atoms with E-state index >= 15 is 0 Å². The number of esters is 1. The number of ether oxygens (including phenoxy) is 1. The number of hydrogen-bond acceptors (Lipinski definition) is 5. The van der Waals surface area contributed by atoms with Crippen molar-refractivity contribution in [3.05, 3.63) is 28.8 Å². The van der Waals surface area contributed by atoms with Crippen molar-refractivity contribution in [2.75, 3.05) is 11.1 Å². The van der Waals surface area contributed by atoms with Crippen LogP contribution in [0.2, 0.25) is 5.02 Å². The summed E-state index contributed by atoms with van der Waals surface area (Å²) < 4.78 is 5.23. The van der Waals surface area contributed by atoms with E-state index in [1.165, 1.54) is 12.2 Å². The van der Waals surface area contributed by atoms with Crippen LogP contribution in [0, 0.1) is 6.92 Å². The topological polar surface area (TPSA) is 55.4 Å². The largest absolute Gasteiger partial charge is 0.453 e. The van der Waals surface area contributed by atoms with E-state index in [0.717, 1.165) is 30.1 Å². The summed E-state index contributed by atoms with van der Waals surface area (Å²) in [5.74, 6) is 0.563. The molecule has 0 saturated carbocycles. The van der Waals surface area contributed by atoms with Crippen LogP contribution in [0.1, 0.15) is 44.6 Å². The van der Waals surface area contributed by atoms with Gasteiger partial charge in [0.15, 0.2) is 6.10 Å². The molecule has 1 aromatic carbocycles. The van der Waals surface area contributed by atoms with E-state index in [-0.39, 0.29) is 11.9 Å². The molecular formula is C18H24ClNO3S2. The quantitative estimate of drug-likeness (QED) is 0.367. The molecule has 2 atom stereocenters. The van der Waals surface area contributed by atoms with E-state index in [1.807, 2.05) is 34.6 Å². The Hall–Kier alpha value is -0.850. The van der Waals surface area contributed by atoms with Crippen LogP contribution in [0.25, 0.3) is 0 Å². The first-order chi connectivity index (χ1) is 12.0. The number of rotatable bonds is 8. The highest BCUT2D eigenvalue weighted by Crippen LogP contribution is 2.39. The summed E-state index contributed by atoms with van der Waals surface area (Å²) in [5.41, 5.74) is 1.53. The van der Waals surface area contributed by atoms with Crippen molar-refractivity contribution >= 4 is 50.8 Å². The number of nitrogens with one attached hydrogen (secondary N) is 1. The van der Waals surface area contributed by atoms with Crippen molar-refractivity contribution in [3.8, 4) is 0 Å². The lowest BCUT2D eigenvalue weighted by Crippen LogP contribution is -2.30. The summed E-state index contributed by atoms with van der Waals surface area (Å²) in [4.78, 5) is 24.1. The molecule has 0 unspecified atom stereocenters. The van der Waals surface area contributed by atoms with Crippen molar-refractivity contribution in [3.63, 3.8) is 0 Å². The Kier molecular flexibility index (Phi) is 8.46. The fourth-order valence-electron chi connectivity index (χ4n) is 2.48. The van der Waals surface area contributed by atoms with Crippen molar-refractivity contribution in [2.24, 2.45) is 0 Å². The molecule has 0 aromatic heterocycles. The average molecular weight is 402 g/mol. The van der Waals surface area contributed by atoms with Gasteiger partial charge in [-0.15, -0.1) is 0 Å². The molecule has 1 saturated heterocycles. The first-order valence-corrected chi connectivity index (χ1v) is 11.3. The molecule has 0 radical (unpaired) electrons. The fraction of sp³-hybridized carbons (Fsp3) is 0.556. The zero-order valence-corrected chi connectivity index (χ0v) is 16.9. The summed E-state index contributed by atoms with van der Waals surface area (Å²) in [7, 11) is 3.89. The molecule has 0 spiro atoms. The maximum Gasteiger partial charge on any atom is 0.306 e. The lowest BCUT2D eigenvalue weighted by molar-refractivity contribution is -0.153. The van der Waals surface area contributed by atoms with Crippen LogP contribution >= 0.6 is 33.2 Å². The summed E-state index contributed by atoms with van der Waals surface area (Å²) in [6.45, 7) is 3.46. The molecule has 1 aliphatic rings. The third kappa shape index (κ3) is 7.12. The molecule has 1 N–H and O–H groups in total. The Balaban J connectivity index is 1.68. The van der Waals surface area contributed by atoms with Gasteiger partial charge in [-0.25, -0.2) is 0 Å². The molecule has 0 bridgehead atoms. The monoisotopic (exact) mass is 401 g/mol. The van der Waals surface area contributed by atoms with Gasteiger partial charge >= 0.3 is 5.97 Å². The number of hydrogen-bond donors (Lipinski definition) is 1. The van der Waals surface area contributed by atoms with Crippen LogP contribution in [-0.2, 0) is 14.3 Å². The minimum Gasteiger partial charge on any atom is -0.453 e. The molecule has 1 heterocycles. The summed E-state index contributed by atoms with van der Waals surface area (Å²) in [6, 6.07) is 5.27. The normalized spacial score (nSPS) is 18.0. The Labute approximate surface area is 162 Å². The highest BCUT2D eigenvalue weighted by molar-refractivity contribution is 8.77. The zero-order chi connectivity index (χ0) is 18.2. The number of benzene rings is 1. The summed E-state index contributed by atoms with van der Waals surface area (Å²) in [5, 5.41) is 4.03. The Morgan fingerprint density at radius 1 is 1.40 bits per heavy atom. The third-order valence-electron chi connectivity index (χ3n) is 4.02. The molecule has 4 nitrogen and oxygen atoms in total. The van der Waals surface area contributed by atoms with E-state index < -0.39 is 6.10 Å². The van der Waals surface area contributed by atoms with Gasteiger partial charge in [-0.3, -0.25) is 9.59 Å². The SMILES string of the molecule is Cc1ccc(Cl)cc1NC(=O)[C@H](C)OC(=O)CCCC[C@H]1CCSS1. The second-order valence-electron chi connectivity index (χ2n) is 6.16. The number of amides is 1. The van der Waals surface area contributed by atoms with Gasteiger partial charge < -0.3 is 10.1 Å². The number of carbonyl (C=O) groups is 2. The van der Waals surface area contributed by atoms with Crippen LogP contribution in [0.15, 0.2) is 18.2 Å². The van der Waals surface area contributed by atoms with Crippen molar-refractivity contribution in [1.29, 1.82) is 0 Å². The molecule has 1 fully saturated rings. The molecule has 1 amide bonds. The van der Waals surface area contributed by atoms with Gasteiger partial charge in [-0.2, -0.15) is 0 Å². The van der Waals surface area contributed by atoms with Crippen LogP contribution in [0.3, 0.4) is 0 Å². The van der Waals surface area contributed by atoms with Gasteiger partial charge in [0.1, 0.15) is 0 Å². The van der Waals surface area contributed by atoms with E-state index in [1.54, 1.807) is 19.1 Å². The van der Waals surface area contributed by atoms with Gasteiger partial charge in [0.05, 0.1) is 0 Å². The minimum atomic E-state index is -0.826. The van der Waals surface area contributed by atoms with E-state index in [9.17, 15) is 9.59 Å².